The van der Waals surface area contributed by atoms with Crippen LogP contribution in [0.15, 0.2) is 24.3 Å². The Morgan fingerprint density at radius 3 is 2.89 bits per heavy atom. The van der Waals surface area contributed by atoms with Gasteiger partial charge in [-0.2, -0.15) is 0 Å². The summed E-state index contributed by atoms with van der Waals surface area (Å²) in [5.41, 5.74) is 1.85. The number of aliphatic hydroxyl groups is 1. The van der Waals surface area contributed by atoms with E-state index in [1.807, 2.05) is 24.3 Å². The summed E-state index contributed by atoms with van der Waals surface area (Å²) in [7, 11) is 1.67. The minimum Gasteiger partial charge on any atom is -0.389 e. The molecule has 1 amide bonds. The number of carbonyl (C=O) groups is 1. The Bertz CT molecular complexity index is 432. The number of rotatable bonds is 3. The van der Waals surface area contributed by atoms with Crippen LogP contribution in [0, 0.1) is 0 Å². The van der Waals surface area contributed by atoms with E-state index in [1.165, 1.54) is 0 Å². The molecule has 1 heterocycles. The summed E-state index contributed by atoms with van der Waals surface area (Å²) in [4.78, 5) is 14.0. The Hall–Kier alpha value is -1.55. The molecular formula is C14H20N2O2. The molecule has 0 radical (unpaired) electrons. The minimum absolute atomic E-state index is 0.0490. The summed E-state index contributed by atoms with van der Waals surface area (Å²) < 4.78 is 0. The van der Waals surface area contributed by atoms with Gasteiger partial charge in [-0.1, -0.05) is 18.2 Å². The number of nitrogens with one attached hydrogen (secondary N) is 1. The fraction of sp³-hybridized carbons (Fsp3) is 0.500. The second-order valence-electron chi connectivity index (χ2n) is 4.70. The van der Waals surface area contributed by atoms with Crippen molar-refractivity contribution < 1.29 is 9.90 Å². The molecule has 1 aliphatic rings. The molecule has 4 nitrogen and oxygen atoms in total. The molecule has 4 heteroatoms. The van der Waals surface area contributed by atoms with Gasteiger partial charge in [-0.15, -0.1) is 0 Å². The fourth-order valence-electron chi connectivity index (χ4n) is 2.60. The third-order valence-electron chi connectivity index (χ3n) is 3.50. The third kappa shape index (κ3) is 2.34. The summed E-state index contributed by atoms with van der Waals surface area (Å²) in [6.45, 7) is 2.62. The van der Waals surface area contributed by atoms with Crippen LogP contribution in [0.5, 0.6) is 0 Å². The lowest BCUT2D eigenvalue weighted by Gasteiger charge is -2.28. The molecule has 1 aromatic rings. The van der Waals surface area contributed by atoms with E-state index in [9.17, 15) is 9.90 Å². The zero-order valence-electron chi connectivity index (χ0n) is 10.9. The van der Waals surface area contributed by atoms with Gasteiger partial charge in [0.25, 0.3) is 0 Å². The van der Waals surface area contributed by atoms with E-state index >= 15 is 0 Å². The average molecular weight is 248 g/mol. The molecule has 98 valence electrons. The zero-order chi connectivity index (χ0) is 13.1. The van der Waals surface area contributed by atoms with Crippen LogP contribution in [0.3, 0.4) is 0 Å². The molecule has 1 aromatic carbocycles. The van der Waals surface area contributed by atoms with Gasteiger partial charge < -0.3 is 15.3 Å². The Balaban J connectivity index is 2.33. The number of aliphatic hydroxyl groups excluding tert-OH is 1. The van der Waals surface area contributed by atoms with Crippen molar-refractivity contribution in [1.82, 2.24) is 5.32 Å². The van der Waals surface area contributed by atoms with Crippen molar-refractivity contribution in [2.24, 2.45) is 0 Å². The molecule has 2 atom stereocenters. The number of amides is 1. The Kier molecular flexibility index (Phi) is 3.87. The van der Waals surface area contributed by atoms with Crippen molar-refractivity contribution in [1.29, 1.82) is 0 Å². The number of anilines is 1. The highest BCUT2D eigenvalue weighted by Crippen LogP contribution is 2.31. The predicted octanol–water partition coefficient (Wildman–Crippen LogP) is 1.45. The lowest BCUT2D eigenvalue weighted by atomic mass is 10.1. The van der Waals surface area contributed by atoms with Gasteiger partial charge in [0.05, 0.1) is 6.10 Å². The highest BCUT2D eigenvalue weighted by molar-refractivity contribution is 5.86. The van der Waals surface area contributed by atoms with Crippen molar-refractivity contribution in [2.45, 2.75) is 31.9 Å². The molecule has 2 rings (SSSR count). The van der Waals surface area contributed by atoms with E-state index < -0.39 is 6.10 Å². The van der Waals surface area contributed by atoms with Crippen LogP contribution < -0.4 is 10.2 Å². The van der Waals surface area contributed by atoms with Gasteiger partial charge in [-0.25, -0.2) is 0 Å². The van der Waals surface area contributed by atoms with Crippen LogP contribution in [-0.4, -0.2) is 30.6 Å². The highest BCUT2D eigenvalue weighted by atomic mass is 16.3. The normalized spacial score (nSPS) is 20.8. The lowest BCUT2D eigenvalue weighted by Crippen LogP contribution is -2.42. The molecule has 2 unspecified atom stereocenters. The monoisotopic (exact) mass is 248 g/mol. The van der Waals surface area contributed by atoms with Crippen LogP contribution in [0.2, 0.25) is 0 Å². The maximum atomic E-state index is 11.9. The summed E-state index contributed by atoms with van der Waals surface area (Å²) in [6.07, 6.45) is 1.35. The van der Waals surface area contributed by atoms with Gasteiger partial charge in [-0.3, -0.25) is 4.79 Å². The van der Waals surface area contributed by atoms with Crippen LogP contribution in [0.1, 0.15) is 31.4 Å². The SMILES string of the molecule is CNC(=O)C1CCCN1c1ccccc1C(C)O. The first-order valence-electron chi connectivity index (χ1n) is 6.40. The van der Waals surface area contributed by atoms with E-state index in [4.69, 9.17) is 0 Å². The standard InChI is InChI=1S/C14H20N2O2/c1-10(17)11-6-3-4-7-12(11)16-9-5-8-13(16)14(18)15-2/h3-4,6-7,10,13,17H,5,8-9H2,1-2H3,(H,15,18). The Morgan fingerprint density at radius 1 is 1.50 bits per heavy atom. The number of carbonyl (C=O) groups excluding carboxylic acids is 1. The Labute approximate surface area is 108 Å². The van der Waals surface area contributed by atoms with Crippen molar-refractivity contribution in [3.63, 3.8) is 0 Å². The molecular weight excluding hydrogens is 228 g/mol. The second kappa shape index (κ2) is 5.40. The largest absolute Gasteiger partial charge is 0.389 e. The Morgan fingerprint density at radius 2 is 2.22 bits per heavy atom. The number of benzene rings is 1. The molecule has 18 heavy (non-hydrogen) atoms. The molecule has 0 bridgehead atoms. The first-order chi connectivity index (χ1) is 8.65. The van der Waals surface area contributed by atoms with E-state index in [2.05, 4.69) is 10.2 Å². The number of hydrogen-bond acceptors (Lipinski definition) is 3. The smallest absolute Gasteiger partial charge is 0.242 e. The van der Waals surface area contributed by atoms with Gasteiger partial charge >= 0.3 is 0 Å². The number of likely N-dealkylation sites (N-methyl/N-ethyl adjacent to an activating group) is 1. The van der Waals surface area contributed by atoms with Gasteiger partial charge in [0.2, 0.25) is 5.91 Å². The van der Waals surface area contributed by atoms with Gasteiger partial charge in [-0.05, 0) is 25.8 Å². The summed E-state index contributed by atoms with van der Waals surface area (Å²) in [5, 5.41) is 12.5. The van der Waals surface area contributed by atoms with E-state index in [1.54, 1.807) is 14.0 Å². The third-order valence-corrected chi connectivity index (χ3v) is 3.50. The van der Waals surface area contributed by atoms with Crippen molar-refractivity contribution in [3.05, 3.63) is 29.8 Å². The number of nitrogens with zero attached hydrogens (tertiary/aromatic N) is 1. The van der Waals surface area contributed by atoms with Crippen molar-refractivity contribution in [2.75, 3.05) is 18.5 Å². The summed E-state index contributed by atoms with van der Waals surface area (Å²) in [5.74, 6) is 0.0490. The number of para-hydroxylation sites is 1. The molecule has 1 aliphatic heterocycles. The molecule has 1 saturated heterocycles. The molecule has 0 aliphatic carbocycles. The zero-order valence-corrected chi connectivity index (χ0v) is 10.9. The van der Waals surface area contributed by atoms with Gasteiger partial charge in [0, 0.05) is 24.8 Å². The first-order valence-corrected chi connectivity index (χ1v) is 6.40. The molecule has 0 saturated carbocycles. The number of hydrogen-bond donors (Lipinski definition) is 2. The minimum atomic E-state index is -0.521. The van der Waals surface area contributed by atoms with Crippen LogP contribution in [0.25, 0.3) is 0 Å². The topological polar surface area (TPSA) is 52.6 Å². The fourth-order valence-corrected chi connectivity index (χ4v) is 2.60. The van der Waals surface area contributed by atoms with Crippen molar-refractivity contribution in [3.8, 4) is 0 Å². The summed E-state index contributed by atoms with van der Waals surface area (Å²) >= 11 is 0. The van der Waals surface area contributed by atoms with Gasteiger partial charge in [0.1, 0.15) is 6.04 Å². The maximum absolute atomic E-state index is 11.9. The van der Waals surface area contributed by atoms with Crippen molar-refractivity contribution >= 4 is 11.6 Å². The first kappa shape index (κ1) is 12.9. The maximum Gasteiger partial charge on any atom is 0.242 e. The molecule has 1 fully saturated rings. The molecule has 0 aromatic heterocycles. The molecule has 0 spiro atoms. The van der Waals surface area contributed by atoms with Gasteiger partial charge in [0.15, 0.2) is 0 Å². The second-order valence-corrected chi connectivity index (χ2v) is 4.70. The predicted molar refractivity (Wildman–Crippen MR) is 71.5 cm³/mol. The van der Waals surface area contributed by atoms with Crippen LogP contribution in [-0.2, 0) is 4.79 Å². The quantitative estimate of drug-likeness (QED) is 0.851. The van der Waals surface area contributed by atoms with E-state index in [0.29, 0.717) is 0 Å². The van der Waals surface area contributed by atoms with Crippen LogP contribution in [0.4, 0.5) is 5.69 Å². The van der Waals surface area contributed by atoms with Crippen LogP contribution >= 0.6 is 0 Å². The van der Waals surface area contributed by atoms with E-state index in [-0.39, 0.29) is 11.9 Å². The molecule has 2 N–H and O–H groups in total. The van der Waals surface area contributed by atoms with E-state index in [0.717, 1.165) is 30.6 Å². The lowest BCUT2D eigenvalue weighted by molar-refractivity contribution is -0.121. The highest BCUT2D eigenvalue weighted by Gasteiger charge is 2.31. The average Bonchev–Trinajstić information content (AvgIpc) is 2.86. The summed E-state index contributed by atoms with van der Waals surface area (Å²) in [6, 6.07) is 7.63.